The highest BCUT2D eigenvalue weighted by molar-refractivity contribution is 7.13. The van der Waals surface area contributed by atoms with Crippen LogP contribution in [0.5, 0.6) is 0 Å². The molecule has 0 bridgehead atoms. The summed E-state index contributed by atoms with van der Waals surface area (Å²) in [6, 6.07) is 6.15. The molecular weight excluding hydrogens is 286 g/mol. The van der Waals surface area contributed by atoms with Crippen LogP contribution in [-0.2, 0) is 9.47 Å². The number of morpholine rings is 1. The van der Waals surface area contributed by atoms with Gasteiger partial charge in [-0.2, -0.15) is 0 Å². The van der Waals surface area contributed by atoms with Gasteiger partial charge in [0.2, 0.25) is 0 Å². The zero-order valence-corrected chi connectivity index (χ0v) is 13.1. The average Bonchev–Trinajstić information content (AvgIpc) is 3.02. The molecule has 1 fully saturated rings. The van der Waals surface area contributed by atoms with Gasteiger partial charge in [0.1, 0.15) is 17.7 Å². The van der Waals surface area contributed by atoms with Crippen molar-refractivity contribution < 1.29 is 9.47 Å². The molecule has 1 aliphatic rings. The van der Waals surface area contributed by atoms with Gasteiger partial charge in [-0.1, -0.05) is 6.07 Å². The van der Waals surface area contributed by atoms with E-state index >= 15 is 0 Å². The molecule has 1 aliphatic heterocycles. The van der Waals surface area contributed by atoms with Crippen LogP contribution in [0.4, 0.5) is 5.82 Å². The summed E-state index contributed by atoms with van der Waals surface area (Å²) in [6.07, 6.45) is 1.63. The zero-order chi connectivity index (χ0) is 14.7. The number of anilines is 1. The van der Waals surface area contributed by atoms with E-state index in [0.717, 1.165) is 29.5 Å². The van der Waals surface area contributed by atoms with Crippen molar-refractivity contribution >= 4 is 17.2 Å². The summed E-state index contributed by atoms with van der Waals surface area (Å²) in [5.74, 6) is 0.944. The van der Waals surface area contributed by atoms with Crippen LogP contribution in [0.15, 0.2) is 29.9 Å². The molecule has 2 aromatic heterocycles. The van der Waals surface area contributed by atoms with Crippen LogP contribution in [0.1, 0.15) is 6.92 Å². The SMILES string of the molecule is COCC1(C)CN(c2cc(-c3cccs3)ncn2)CCO1. The van der Waals surface area contributed by atoms with Crippen LogP contribution in [0.25, 0.3) is 10.6 Å². The molecule has 0 N–H and O–H groups in total. The maximum atomic E-state index is 5.85. The van der Waals surface area contributed by atoms with Crippen molar-refractivity contribution in [2.24, 2.45) is 0 Å². The molecule has 1 saturated heterocycles. The average molecular weight is 305 g/mol. The van der Waals surface area contributed by atoms with Crippen molar-refractivity contribution in [3.8, 4) is 10.6 Å². The summed E-state index contributed by atoms with van der Waals surface area (Å²) < 4.78 is 11.1. The maximum Gasteiger partial charge on any atom is 0.132 e. The smallest absolute Gasteiger partial charge is 0.132 e. The van der Waals surface area contributed by atoms with Gasteiger partial charge >= 0.3 is 0 Å². The largest absolute Gasteiger partial charge is 0.382 e. The third-order valence-electron chi connectivity index (χ3n) is 3.54. The summed E-state index contributed by atoms with van der Waals surface area (Å²) in [5, 5.41) is 2.06. The molecule has 1 unspecified atom stereocenters. The lowest BCUT2D eigenvalue weighted by Crippen LogP contribution is -2.52. The van der Waals surface area contributed by atoms with Crippen molar-refractivity contribution in [1.29, 1.82) is 0 Å². The molecular formula is C15H19N3O2S. The van der Waals surface area contributed by atoms with Gasteiger partial charge in [-0.25, -0.2) is 9.97 Å². The predicted octanol–water partition coefficient (Wildman–Crippen LogP) is 2.45. The summed E-state index contributed by atoms with van der Waals surface area (Å²) in [4.78, 5) is 12.2. The first-order chi connectivity index (χ1) is 10.2. The lowest BCUT2D eigenvalue weighted by atomic mass is 10.1. The van der Waals surface area contributed by atoms with Gasteiger partial charge in [0, 0.05) is 19.7 Å². The zero-order valence-electron chi connectivity index (χ0n) is 12.3. The van der Waals surface area contributed by atoms with Crippen molar-refractivity contribution in [2.75, 3.05) is 38.3 Å². The highest BCUT2D eigenvalue weighted by atomic mass is 32.1. The standard InChI is InChI=1S/C15H19N3O2S/c1-15(10-19-2)9-18(5-6-20-15)14-8-12(16-11-17-14)13-4-3-7-21-13/h3-4,7-8,11H,5-6,9-10H2,1-2H3. The molecule has 0 amide bonds. The molecule has 5 nitrogen and oxygen atoms in total. The first-order valence-corrected chi connectivity index (χ1v) is 7.82. The minimum absolute atomic E-state index is 0.291. The van der Waals surface area contributed by atoms with Crippen molar-refractivity contribution in [3.05, 3.63) is 29.9 Å². The molecule has 0 saturated carbocycles. The van der Waals surface area contributed by atoms with E-state index in [1.807, 2.05) is 12.1 Å². The normalized spacial score (nSPS) is 22.5. The Bertz CT molecular complexity index is 586. The maximum absolute atomic E-state index is 5.85. The fourth-order valence-electron chi connectivity index (χ4n) is 2.60. The number of rotatable bonds is 4. The summed E-state index contributed by atoms with van der Waals surface area (Å²) in [7, 11) is 1.70. The quantitative estimate of drug-likeness (QED) is 0.868. The van der Waals surface area contributed by atoms with Crippen LogP contribution in [0.2, 0.25) is 0 Å². The van der Waals surface area contributed by atoms with Crippen LogP contribution in [-0.4, -0.2) is 49.0 Å². The number of hydrogen-bond acceptors (Lipinski definition) is 6. The second kappa shape index (κ2) is 6.09. The Morgan fingerprint density at radius 3 is 3.14 bits per heavy atom. The van der Waals surface area contributed by atoms with E-state index in [-0.39, 0.29) is 5.60 Å². The third kappa shape index (κ3) is 3.23. The Labute approximate surface area is 128 Å². The van der Waals surface area contributed by atoms with E-state index in [9.17, 15) is 0 Å². The van der Waals surface area contributed by atoms with Gasteiger partial charge < -0.3 is 14.4 Å². The van der Waals surface area contributed by atoms with E-state index < -0.39 is 0 Å². The summed E-state index contributed by atoms with van der Waals surface area (Å²) in [5.41, 5.74) is 0.677. The number of thiophene rings is 1. The number of aromatic nitrogens is 2. The first kappa shape index (κ1) is 14.4. The predicted molar refractivity (Wildman–Crippen MR) is 83.8 cm³/mol. The number of nitrogens with zero attached hydrogens (tertiary/aromatic N) is 3. The Hall–Kier alpha value is -1.50. The molecule has 21 heavy (non-hydrogen) atoms. The van der Waals surface area contributed by atoms with E-state index in [4.69, 9.17) is 9.47 Å². The van der Waals surface area contributed by atoms with E-state index in [0.29, 0.717) is 13.2 Å². The molecule has 2 aromatic rings. The highest BCUT2D eigenvalue weighted by Gasteiger charge is 2.32. The van der Waals surface area contributed by atoms with Gasteiger partial charge in [-0.3, -0.25) is 0 Å². The van der Waals surface area contributed by atoms with Gasteiger partial charge in [0.05, 0.1) is 30.3 Å². The number of methoxy groups -OCH3 is 1. The molecule has 0 radical (unpaired) electrons. The molecule has 3 rings (SSSR count). The molecule has 0 spiro atoms. The Morgan fingerprint density at radius 2 is 2.38 bits per heavy atom. The second-order valence-electron chi connectivity index (χ2n) is 5.39. The minimum Gasteiger partial charge on any atom is -0.382 e. The van der Waals surface area contributed by atoms with Crippen molar-refractivity contribution in [1.82, 2.24) is 9.97 Å². The monoisotopic (exact) mass is 305 g/mol. The Balaban J connectivity index is 1.82. The summed E-state index contributed by atoms with van der Waals surface area (Å²) >= 11 is 1.69. The Morgan fingerprint density at radius 1 is 1.48 bits per heavy atom. The summed E-state index contributed by atoms with van der Waals surface area (Å²) in [6.45, 7) is 4.93. The highest BCUT2D eigenvalue weighted by Crippen LogP contribution is 2.27. The van der Waals surface area contributed by atoms with Gasteiger partial charge in [0.25, 0.3) is 0 Å². The van der Waals surface area contributed by atoms with Crippen LogP contribution in [0, 0.1) is 0 Å². The first-order valence-electron chi connectivity index (χ1n) is 6.94. The molecule has 3 heterocycles. The third-order valence-corrected chi connectivity index (χ3v) is 4.43. The second-order valence-corrected chi connectivity index (χ2v) is 6.34. The molecule has 0 aliphatic carbocycles. The van der Waals surface area contributed by atoms with E-state index in [2.05, 4.69) is 33.2 Å². The number of ether oxygens (including phenoxy) is 2. The van der Waals surface area contributed by atoms with Crippen LogP contribution >= 0.6 is 11.3 Å². The van der Waals surface area contributed by atoms with Crippen LogP contribution < -0.4 is 4.90 Å². The molecule has 1 atom stereocenters. The molecule has 0 aromatic carbocycles. The lowest BCUT2D eigenvalue weighted by molar-refractivity contribution is -0.0840. The van der Waals surface area contributed by atoms with Gasteiger partial charge in [-0.05, 0) is 18.4 Å². The van der Waals surface area contributed by atoms with Gasteiger partial charge in [-0.15, -0.1) is 11.3 Å². The Kier molecular flexibility index (Phi) is 4.19. The molecule has 6 heteroatoms. The van der Waals surface area contributed by atoms with Crippen molar-refractivity contribution in [3.63, 3.8) is 0 Å². The van der Waals surface area contributed by atoms with E-state index in [1.54, 1.807) is 24.8 Å². The van der Waals surface area contributed by atoms with Gasteiger partial charge in [0.15, 0.2) is 0 Å². The fourth-order valence-corrected chi connectivity index (χ4v) is 3.29. The fraction of sp³-hybridized carbons (Fsp3) is 0.467. The van der Waals surface area contributed by atoms with Crippen molar-refractivity contribution in [2.45, 2.75) is 12.5 Å². The topological polar surface area (TPSA) is 47.5 Å². The van der Waals surface area contributed by atoms with Crippen LogP contribution in [0.3, 0.4) is 0 Å². The lowest BCUT2D eigenvalue weighted by Gasteiger charge is -2.40. The van der Waals surface area contributed by atoms with E-state index in [1.165, 1.54) is 0 Å². The number of hydrogen-bond donors (Lipinski definition) is 0. The minimum atomic E-state index is -0.291. The molecule has 112 valence electrons.